The van der Waals surface area contributed by atoms with E-state index < -0.39 is 5.82 Å². The van der Waals surface area contributed by atoms with E-state index in [2.05, 4.69) is 15.9 Å². The highest BCUT2D eigenvalue weighted by atomic mass is 79.9. The number of benzene rings is 1. The largest absolute Gasteiger partial charge is 0.288 e. The van der Waals surface area contributed by atoms with E-state index in [1.807, 2.05) is 0 Å². The molecular formula is C11H5BrClFOS. The second kappa shape index (κ2) is 4.65. The average Bonchev–Trinajstić information content (AvgIpc) is 2.67. The first-order chi connectivity index (χ1) is 7.58. The van der Waals surface area contributed by atoms with E-state index >= 15 is 0 Å². The fourth-order valence-corrected chi connectivity index (χ4v) is 2.78. The molecule has 0 unspecified atom stereocenters. The van der Waals surface area contributed by atoms with Gasteiger partial charge in [-0.05, 0) is 46.3 Å². The standard InChI is InChI=1S/C11H5BrClFOS/c12-10-4-3-9(16-10)11(15)7-5-6(14)1-2-8(7)13/h1-5H. The Morgan fingerprint density at radius 1 is 1.31 bits per heavy atom. The normalized spacial score (nSPS) is 10.4. The molecule has 2 rings (SSSR count). The molecule has 0 aliphatic rings. The van der Waals surface area contributed by atoms with E-state index in [1.54, 1.807) is 12.1 Å². The van der Waals surface area contributed by atoms with Crippen molar-refractivity contribution in [2.24, 2.45) is 0 Å². The number of ketones is 1. The Hall–Kier alpha value is -0.710. The summed E-state index contributed by atoms with van der Waals surface area (Å²) in [4.78, 5) is 12.5. The predicted molar refractivity (Wildman–Crippen MR) is 66.9 cm³/mol. The lowest BCUT2D eigenvalue weighted by Crippen LogP contribution is -2.00. The van der Waals surface area contributed by atoms with Crippen LogP contribution >= 0.6 is 38.9 Å². The summed E-state index contributed by atoms with van der Waals surface area (Å²) >= 11 is 10.4. The minimum atomic E-state index is -0.469. The average molecular weight is 320 g/mol. The number of carbonyl (C=O) groups excluding carboxylic acids is 1. The Bertz CT molecular complexity index is 553. The van der Waals surface area contributed by atoms with Crippen molar-refractivity contribution in [1.82, 2.24) is 0 Å². The van der Waals surface area contributed by atoms with Crippen LogP contribution in [0.3, 0.4) is 0 Å². The summed E-state index contributed by atoms with van der Waals surface area (Å²) in [6.07, 6.45) is 0. The predicted octanol–water partition coefficient (Wildman–Crippen LogP) is 4.53. The molecule has 0 saturated heterocycles. The van der Waals surface area contributed by atoms with Crippen LogP contribution in [0, 0.1) is 5.82 Å². The van der Waals surface area contributed by atoms with Crippen LogP contribution in [-0.2, 0) is 0 Å². The number of halogens is 3. The van der Waals surface area contributed by atoms with Crippen LogP contribution in [0.5, 0.6) is 0 Å². The molecule has 0 bridgehead atoms. The van der Waals surface area contributed by atoms with Gasteiger partial charge in [-0.15, -0.1) is 11.3 Å². The van der Waals surface area contributed by atoms with Crippen molar-refractivity contribution in [3.8, 4) is 0 Å². The Balaban J connectivity index is 2.45. The van der Waals surface area contributed by atoms with E-state index in [4.69, 9.17) is 11.6 Å². The van der Waals surface area contributed by atoms with Crippen molar-refractivity contribution >= 4 is 44.7 Å². The molecule has 0 amide bonds. The highest BCUT2D eigenvalue weighted by Crippen LogP contribution is 2.27. The molecule has 0 spiro atoms. The first kappa shape index (κ1) is 11.8. The van der Waals surface area contributed by atoms with E-state index in [0.29, 0.717) is 4.88 Å². The first-order valence-electron chi connectivity index (χ1n) is 4.33. The molecule has 1 aromatic heterocycles. The molecule has 2 aromatic rings. The molecular weight excluding hydrogens is 315 g/mol. The molecule has 0 saturated carbocycles. The van der Waals surface area contributed by atoms with Crippen LogP contribution in [0.15, 0.2) is 34.1 Å². The highest BCUT2D eigenvalue weighted by Gasteiger charge is 2.15. The van der Waals surface area contributed by atoms with Gasteiger partial charge in [0.25, 0.3) is 0 Å². The van der Waals surface area contributed by atoms with E-state index in [0.717, 1.165) is 9.85 Å². The fourth-order valence-electron chi connectivity index (χ4n) is 1.24. The van der Waals surface area contributed by atoms with Gasteiger partial charge in [-0.1, -0.05) is 11.6 Å². The topological polar surface area (TPSA) is 17.1 Å². The Labute approximate surface area is 109 Å². The molecule has 1 aromatic carbocycles. The molecule has 82 valence electrons. The van der Waals surface area contributed by atoms with Crippen LogP contribution in [0.1, 0.15) is 15.2 Å². The van der Waals surface area contributed by atoms with Gasteiger partial charge in [-0.3, -0.25) is 4.79 Å². The van der Waals surface area contributed by atoms with Crippen LogP contribution in [0.25, 0.3) is 0 Å². The van der Waals surface area contributed by atoms with Gasteiger partial charge in [0.2, 0.25) is 5.78 Å². The zero-order chi connectivity index (χ0) is 11.7. The van der Waals surface area contributed by atoms with Crippen LogP contribution < -0.4 is 0 Å². The van der Waals surface area contributed by atoms with Crippen molar-refractivity contribution in [3.05, 3.63) is 55.4 Å². The van der Waals surface area contributed by atoms with E-state index in [1.165, 1.54) is 23.5 Å². The third-order valence-electron chi connectivity index (χ3n) is 1.97. The van der Waals surface area contributed by atoms with Gasteiger partial charge in [-0.25, -0.2) is 4.39 Å². The zero-order valence-corrected chi connectivity index (χ0v) is 11.0. The first-order valence-corrected chi connectivity index (χ1v) is 6.32. The maximum Gasteiger partial charge on any atom is 0.204 e. The second-order valence-electron chi connectivity index (χ2n) is 3.06. The maximum atomic E-state index is 13.0. The van der Waals surface area contributed by atoms with Crippen molar-refractivity contribution in [1.29, 1.82) is 0 Å². The molecule has 0 aliphatic heterocycles. The molecule has 0 fully saturated rings. The van der Waals surface area contributed by atoms with Crippen LogP contribution in [0.2, 0.25) is 5.02 Å². The van der Waals surface area contributed by atoms with Crippen molar-refractivity contribution in [2.75, 3.05) is 0 Å². The smallest absolute Gasteiger partial charge is 0.204 e. The van der Waals surface area contributed by atoms with Crippen molar-refractivity contribution in [3.63, 3.8) is 0 Å². The van der Waals surface area contributed by atoms with Gasteiger partial charge in [-0.2, -0.15) is 0 Å². The van der Waals surface area contributed by atoms with E-state index in [9.17, 15) is 9.18 Å². The molecule has 0 atom stereocenters. The molecule has 5 heteroatoms. The molecule has 1 heterocycles. The van der Waals surface area contributed by atoms with Crippen molar-refractivity contribution in [2.45, 2.75) is 0 Å². The number of rotatable bonds is 2. The van der Waals surface area contributed by atoms with Gasteiger partial charge in [0.05, 0.1) is 13.7 Å². The quantitative estimate of drug-likeness (QED) is 0.743. The summed E-state index contributed by atoms with van der Waals surface area (Å²) < 4.78 is 13.9. The van der Waals surface area contributed by atoms with Crippen molar-refractivity contribution < 1.29 is 9.18 Å². The van der Waals surface area contributed by atoms with Gasteiger partial charge >= 0.3 is 0 Å². The Morgan fingerprint density at radius 3 is 2.69 bits per heavy atom. The van der Waals surface area contributed by atoms with Gasteiger partial charge < -0.3 is 0 Å². The summed E-state index contributed by atoms with van der Waals surface area (Å²) in [6.45, 7) is 0. The van der Waals surface area contributed by atoms with Crippen LogP contribution in [0.4, 0.5) is 4.39 Å². The minimum Gasteiger partial charge on any atom is -0.288 e. The Morgan fingerprint density at radius 2 is 2.06 bits per heavy atom. The Kier molecular flexibility index (Phi) is 3.42. The van der Waals surface area contributed by atoms with Gasteiger partial charge in [0.15, 0.2) is 0 Å². The number of thiophene rings is 1. The van der Waals surface area contributed by atoms with Gasteiger partial charge in [0, 0.05) is 5.56 Å². The van der Waals surface area contributed by atoms with E-state index in [-0.39, 0.29) is 16.4 Å². The zero-order valence-electron chi connectivity index (χ0n) is 7.84. The molecule has 1 nitrogen and oxygen atoms in total. The summed E-state index contributed by atoms with van der Waals surface area (Å²) in [5.74, 6) is -0.733. The molecule has 0 radical (unpaired) electrons. The lowest BCUT2D eigenvalue weighted by molar-refractivity contribution is 0.104. The number of hydrogen-bond acceptors (Lipinski definition) is 2. The summed E-state index contributed by atoms with van der Waals surface area (Å²) in [7, 11) is 0. The lowest BCUT2D eigenvalue weighted by atomic mass is 10.1. The third-order valence-corrected chi connectivity index (χ3v) is 3.92. The third kappa shape index (κ3) is 2.34. The molecule has 0 aliphatic carbocycles. The molecule has 0 N–H and O–H groups in total. The minimum absolute atomic E-state index is 0.191. The monoisotopic (exact) mass is 318 g/mol. The lowest BCUT2D eigenvalue weighted by Gasteiger charge is -2.01. The maximum absolute atomic E-state index is 13.0. The number of carbonyl (C=O) groups is 1. The number of hydrogen-bond donors (Lipinski definition) is 0. The second-order valence-corrected chi connectivity index (χ2v) is 5.93. The van der Waals surface area contributed by atoms with Crippen LogP contribution in [-0.4, -0.2) is 5.78 Å². The SMILES string of the molecule is O=C(c1ccc(Br)s1)c1cc(F)ccc1Cl. The molecule has 16 heavy (non-hydrogen) atoms. The summed E-state index contributed by atoms with van der Waals surface area (Å²) in [5, 5.41) is 0.260. The summed E-state index contributed by atoms with van der Waals surface area (Å²) in [5.41, 5.74) is 0.191. The highest BCUT2D eigenvalue weighted by molar-refractivity contribution is 9.11. The fraction of sp³-hybridized carbons (Fsp3) is 0. The summed E-state index contributed by atoms with van der Waals surface area (Å²) in [6, 6.07) is 7.21. The van der Waals surface area contributed by atoms with Gasteiger partial charge in [0.1, 0.15) is 5.82 Å².